The number of fused-ring (bicyclic) bond motifs is 3. The molecule has 2 aromatic heterocycles. The summed E-state index contributed by atoms with van der Waals surface area (Å²) in [5.74, 6) is -0.724. The number of nitrogens with zero attached hydrogens (tertiary/aromatic N) is 4. The minimum atomic E-state index is -4.57. The van der Waals surface area contributed by atoms with Crippen LogP contribution in [0.4, 0.5) is 18.9 Å². The Balaban J connectivity index is 1.60. The maximum absolute atomic E-state index is 12.9. The van der Waals surface area contributed by atoms with Crippen molar-refractivity contribution in [3.63, 3.8) is 0 Å². The number of rotatable bonds is 3. The molecule has 7 nitrogen and oxygen atoms in total. The molecule has 29 heavy (non-hydrogen) atoms. The standard InChI is InChI=1S/C18H15ClF3N5O2/c19-12-6-5-10(18(20,21)22)7-14(12)24-15(28)8-26-17(29)16-11-3-1-2-4-13(11)25-27(16)9-23-26/h5-7,9H,1-4,8H2,(H,24,28). The summed E-state index contributed by atoms with van der Waals surface area (Å²) in [6.45, 7) is -0.470. The summed E-state index contributed by atoms with van der Waals surface area (Å²) in [7, 11) is 0. The van der Waals surface area contributed by atoms with Crippen LogP contribution in [0.1, 0.15) is 29.7 Å². The molecule has 11 heteroatoms. The van der Waals surface area contributed by atoms with E-state index in [-0.39, 0.29) is 10.7 Å². The van der Waals surface area contributed by atoms with E-state index < -0.39 is 29.8 Å². The van der Waals surface area contributed by atoms with E-state index in [1.807, 2.05) is 0 Å². The van der Waals surface area contributed by atoms with Gasteiger partial charge in [-0.15, -0.1) is 0 Å². The molecule has 1 amide bonds. The summed E-state index contributed by atoms with van der Waals surface area (Å²) >= 11 is 5.89. The second kappa shape index (κ2) is 7.18. The molecule has 3 aromatic rings. The van der Waals surface area contributed by atoms with Gasteiger partial charge < -0.3 is 5.32 Å². The first-order chi connectivity index (χ1) is 13.7. The molecule has 0 atom stereocenters. The Morgan fingerprint density at radius 2 is 2.00 bits per heavy atom. The third-order valence-electron chi connectivity index (χ3n) is 4.78. The van der Waals surface area contributed by atoms with Crippen molar-refractivity contribution in [2.24, 2.45) is 0 Å². The Morgan fingerprint density at radius 3 is 2.76 bits per heavy atom. The maximum Gasteiger partial charge on any atom is 0.416 e. The molecule has 0 saturated heterocycles. The summed E-state index contributed by atoms with van der Waals surface area (Å²) in [4.78, 5) is 25.1. The van der Waals surface area contributed by atoms with Crippen LogP contribution in [0.3, 0.4) is 0 Å². The number of hydrogen-bond acceptors (Lipinski definition) is 4. The summed E-state index contributed by atoms with van der Waals surface area (Å²) in [6.07, 6.45) is 0.229. The molecule has 0 bridgehead atoms. The van der Waals surface area contributed by atoms with Crippen molar-refractivity contribution < 1.29 is 18.0 Å². The van der Waals surface area contributed by atoms with E-state index in [2.05, 4.69) is 15.5 Å². The summed E-state index contributed by atoms with van der Waals surface area (Å²) in [5.41, 5.74) is 0.474. The maximum atomic E-state index is 12.9. The first kappa shape index (κ1) is 19.4. The number of nitrogens with one attached hydrogen (secondary N) is 1. The molecule has 4 rings (SSSR count). The molecule has 1 aromatic carbocycles. The summed E-state index contributed by atoms with van der Waals surface area (Å²) in [5, 5.41) is 10.6. The van der Waals surface area contributed by atoms with Crippen molar-refractivity contribution in [2.45, 2.75) is 38.4 Å². The van der Waals surface area contributed by atoms with Gasteiger partial charge in [0, 0.05) is 5.56 Å². The van der Waals surface area contributed by atoms with Gasteiger partial charge in [-0.25, -0.2) is 9.20 Å². The van der Waals surface area contributed by atoms with Crippen molar-refractivity contribution in [1.82, 2.24) is 19.4 Å². The predicted molar refractivity (Wildman–Crippen MR) is 99.0 cm³/mol. The zero-order valence-corrected chi connectivity index (χ0v) is 15.7. The van der Waals surface area contributed by atoms with E-state index in [4.69, 9.17) is 11.6 Å². The quantitative estimate of drug-likeness (QED) is 0.699. The van der Waals surface area contributed by atoms with E-state index in [9.17, 15) is 22.8 Å². The fourth-order valence-corrected chi connectivity index (χ4v) is 3.57. The van der Waals surface area contributed by atoms with Gasteiger partial charge in [-0.3, -0.25) is 9.59 Å². The summed E-state index contributed by atoms with van der Waals surface area (Å²) in [6, 6.07) is 2.61. The lowest BCUT2D eigenvalue weighted by atomic mass is 9.97. The van der Waals surface area contributed by atoms with Crippen LogP contribution in [0.5, 0.6) is 0 Å². The summed E-state index contributed by atoms with van der Waals surface area (Å²) < 4.78 is 41.0. The third-order valence-corrected chi connectivity index (χ3v) is 5.11. The smallest absolute Gasteiger partial charge is 0.323 e. The van der Waals surface area contributed by atoms with Gasteiger partial charge >= 0.3 is 6.18 Å². The molecule has 0 radical (unpaired) electrons. The third kappa shape index (κ3) is 3.71. The van der Waals surface area contributed by atoms with Gasteiger partial charge in [0.2, 0.25) is 5.91 Å². The topological polar surface area (TPSA) is 81.3 Å². The van der Waals surface area contributed by atoms with Crippen LogP contribution in [0.2, 0.25) is 5.02 Å². The zero-order valence-electron chi connectivity index (χ0n) is 15.0. The van der Waals surface area contributed by atoms with Crippen molar-refractivity contribution in [2.75, 3.05) is 5.32 Å². The van der Waals surface area contributed by atoms with E-state index in [0.717, 1.165) is 59.8 Å². The fourth-order valence-electron chi connectivity index (χ4n) is 3.41. The van der Waals surface area contributed by atoms with E-state index in [0.29, 0.717) is 5.52 Å². The minimum Gasteiger partial charge on any atom is -0.323 e. The molecule has 1 aliphatic carbocycles. The van der Waals surface area contributed by atoms with Crippen LogP contribution < -0.4 is 10.9 Å². The molecule has 0 fully saturated rings. The Labute approximate surface area is 167 Å². The number of alkyl halides is 3. The van der Waals surface area contributed by atoms with E-state index in [1.54, 1.807) is 0 Å². The Kier molecular flexibility index (Phi) is 4.81. The molecule has 0 spiro atoms. The van der Waals surface area contributed by atoms with Gasteiger partial charge in [0.05, 0.1) is 22.0 Å². The van der Waals surface area contributed by atoms with Crippen LogP contribution in [-0.2, 0) is 30.4 Å². The first-order valence-electron chi connectivity index (χ1n) is 8.87. The SMILES string of the molecule is O=C(Cn1ncn2nc3c(c2c1=O)CCCC3)Nc1cc(C(F)(F)F)ccc1Cl. The Bertz CT molecular complexity index is 1170. The molecule has 1 aliphatic rings. The molecule has 152 valence electrons. The van der Waals surface area contributed by atoms with Crippen molar-refractivity contribution >= 4 is 28.7 Å². The van der Waals surface area contributed by atoms with Crippen LogP contribution in [-0.4, -0.2) is 25.3 Å². The van der Waals surface area contributed by atoms with Crippen LogP contribution >= 0.6 is 11.6 Å². The average molecular weight is 426 g/mol. The normalized spacial score (nSPS) is 14.1. The second-order valence-electron chi connectivity index (χ2n) is 6.76. The Hall–Kier alpha value is -2.88. The lowest BCUT2D eigenvalue weighted by Gasteiger charge is -2.12. The Morgan fingerprint density at radius 1 is 1.24 bits per heavy atom. The van der Waals surface area contributed by atoms with Gasteiger partial charge in [0.25, 0.3) is 5.56 Å². The van der Waals surface area contributed by atoms with Gasteiger partial charge in [0.15, 0.2) is 0 Å². The first-order valence-corrected chi connectivity index (χ1v) is 9.24. The predicted octanol–water partition coefficient (Wildman–Crippen LogP) is 3.08. The van der Waals surface area contributed by atoms with Gasteiger partial charge in [0.1, 0.15) is 18.4 Å². The molecular formula is C18H15ClF3N5O2. The number of amides is 1. The second-order valence-corrected chi connectivity index (χ2v) is 7.17. The monoisotopic (exact) mass is 425 g/mol. The van der Waals surface area contributed by atoms with E-state index >= 15 is 0 Å². The molecule has 0 saturated carbocycles. The average Bonchev–Trinajstić information content (AvgIpc) is 3.04. The number of hydrogen-bond donors (Lipinski definition) is 1. The zero-order chi connectivity index (χ0) is 20.8. The lowest BCUT2D eigenvalue weighted by Crippen LogP contribution is -2.31. The number of anilines is 1. The van der Waals surface area contributed by atoms with Crippen LogP contribution in [0, 0.1) is 0 Å². The van der Waals surface area contributed by atoms with Crippen molar-refractivity contribution in [3.8, 4) is 0 Å². The highest BCUT2D eigenvalue weighted by Gasteiger charge is 2.31. The van der Waals surface area contributed by atoms with Gasteiger partial charge in [-0.1, -0.05) is 11.6 Å². The molecule has 1 N–H and O–H groups in total. The molecule has 0 aliphatic heterocycles. The molecule has 0 unspecified atom stereocenters. The van der Waals surface area contributed by atoms with Crippen LogP contribution in [0.15, 0.2) is 29.3 Å². The van der Waals surface area contributed by atoms with Crippen molar-refractivity contribution in [1.29, 1.82) is 0 Å². The number of halogens is 4. The number of aryl methyl sites for hydroxylation is 2. The molecular weight excluding hydrogens is 411 g/mol. The number of aromatic nitrogens is 4. The van der Waals surface area contributed by atoms with E-state index in [1.165, 1.54) is 10.8 Å². The lowest BCUT2D eigenvalue weighted by molar-refractivity contribution is -0.137. The van der Waals surface area contributed by atoms with Crippen molar-refractivity contribution in [3.05, 3.63) is 56.7 Å². The number of benzene rings is 1. The fraction of sp³-hybridized carbons (Fsp3) is 0.333. The highest BCUT2D eigenvalue weighted by molar-refractivity contribution is 6.33. The largest absolute Gasteiger partial charge is 0.416 e. The van der Waals surface area contributed by atoms with Gasteiger partial charge in [-0.05, 0) is 43.9 Å². The number of carbonyl (C=O) groups is 1. The molecule has 2 heterocycles. The van der Waals surface area contributed by atoms with Crippen LogP contribution in [0.25, 0.3) is 5.52 Å². The highest BCUT2D eigenvalue weighted by Crippen LogP contribution is 2.33. The minimum absolute atomic E-state index is 0.0491. The van der Waals surface area contributed by atoms with Gasteiger partial charge in [-0.2, -0.15) is 23.4 Å². The highest BCUT2D eigenvalue weighted by atomic mass is 35.5. The number of carbonyl (C=O) groups excluding carboxylic acids is 1.